The van der Waals surface area contributed by atoms with Crippen LogP contribution < -0.4 is 0 Å². The first-order chi connectivity index (χ1) is 14.2. The van der Waals surface area contributed by atoms with Gasteiger partial charge in [-0.15, -0.1) is 0 Å². The molecule has 1 atom stereocenters. The third kappa shape index (κ3) is 4.51. The average molecular weight is 422 g/mol. The summed E-state index contributed by atoms with van der Waals surface area (Å²) in [6.07, 6.45) is 3.14. The van der Waals surface area contributed by atoms with E-state index in [2.05, 4.69) is 70.7 Å². The molecule has 2 aromatic rings. The zero-order valence-corrected chi connectivity index (χ0v) is 20.1. The number of hydrogen-bond acceptors (Lipinski definition) is 2. The topological polar surface area (TPSA) is 20.3 Å². The summed E-state index contributed by atoms with van der Waals surface area (Å²) in [6.45, 7) is 14.6. The molecule has 0 spiro atoms. The number of likely N-dealkylation sites (tertiary alicyclic amines) is 1. The Morgan fingerprint density at radius 3 is 2.00 bits per heavy atom. The molecule has 3 heteroatoms. The highest BCUT2D eigenvalue weighted by Crippen LogP contribution is 2.38. The molecule has 1 fully saturated rings. The lowest BCUT2D eigenvalue weighted by atomic mass is 9.84. The van der Waals surface area contributed by atoms with Crippen molar-refractivity contribution in [2.24, 2.45) is 0 Å². The number of benzene rings is 2. The van der Waals surface area contributed by atoms with Crippen LogP contribution in [0.5, 0.6) is 0 Å². The van der Waals surface area contributed by atoms with Gasteiger partial charge < -0.3 is 4.90 Å². The van der Waals surface area contributed by atoms with Crippen LogP contribution in [-0.4, -0.2) is 22.7 Å². The van der Waals surface area contributed by atoms with Crippen LogP contribution in [0, 0.1) is 0 Å². The molecule has 1 aliphatic heterocycles. The molecule has 160 valence electrons. The Morgan fingerprint density at radius 1 is 0.967 bits per heavy atom. The third-order valence-electron chi connectivity index (χ3n) is 6.32. The molecule has 0 aromatic heterocycles. The van der Waals surface area contributed by atoms with Gasteiger partial charge in [-0.1, -0.05) is 90.2 Å². The third-order valence-corrected chi connectivity index (χ3v) is 6.76. The molecule has 3 rings (SSSR count). The maximum absolute atomic E-state index is 11.0. The number of rotatable bonds is 6. The summed E-state index contributed by atoms with van der Waals surface area (Å²) < 4.78 is 0. The van der Waals surface area contributed by atoms with E-state index in [4.69, 9.17) is 12.2 Å². The van der Waals surface area contributed by atoms with Crippen molar-refractivity contribution in [1.82, 2.24) is 4.90 Å². The van der Waals surface area contributed by atoms with Crippen molar-refractivity contribution in [2.45, 2.75) is 78.2 Å². The Labute approximate surface area is 187 Å². The van der Waals surface area contributed by atoms with Crippen molar-refractivity contribution in [2.75, 3.05) is 6.54 Å². The van der Waals surface area contributed by atoms with Crippen molar-refractivity contribution in [3.63, 3.8) is 0 Å². The summed E-state index contributed by atoms with van der Waals surface area (Å²) in [5.74, 6) is 1.34. The quantitative estimate of drug-likeness (QED) is 0.358. The van der Waals surface area contributed by atoms with Crippen LogP contribution in [0.2, 0.25) is 0 Å². The maximum atomic E-state index is 11.0. The Morgan fingerprint density at radius 2 is 1.53 bits per heavy atom. The van der Waals surface area contributed by atoms with E-state index in [0.717, 1.165) is 36.2 Å². The molecule has 0 saturated carbocycles. The fourth-order valence-corrected chi connectivity index (χ4v) is 4.95. The predicted molar refractivity (Wildman–Crippen MR) is 131 cm³/mol. The maximum Gasteiger partial charge on any atom is 0.150 e. The Hall–Kier alpha value is -2.00. The van der Waals surface area contributed by atoms with Gasteiger partial charge in [0.1, 0.15) is 11.3 Å². The molecule has 2 aromatic carbocycles. The number of nitrogens with zero attached hydrogens (tertiary/aromatic N) is 1. The van der Waals surface area contributed by atoms with Crippen molar-refractivity contribution in [3.8, 4) is 0 Å². The monoisotopic (exact) mass is 421 g/mol. The summed E-state index contributed by atoms with van der Waals surface area (Å²) >= 11 is 6.20. The summed E-state index contributed by atoms with van der Waals surface area (Å²) in [6, 6.07) is 13.0. The lowest BCUT2D eigenvalue weighted by molar-refractivity contribution is 0.112. The smallest absolute Gasteiger partial charge is 0.150 e. The van der Waals surface area contributed by atoms with Crippen LogP contribution in [0.4, 0.5) is 0 Å². The molecule has 1 heterocycles. The minimum Gasteiger partial charge on any atom is -0.355 e. The minimum atomic E-state index is 0.281. The lowest BCUT2D eigenvalue weighted by Gasteiger charge is -2.32. The van der Waals surface area contributed by atoms with Gasteiger partial charge >= 0.3 is 0 Å². The van der Waals surface area contributed by atoms with E-state index in [0.29, 0.717) is 17.8 Å². The molecule has 0 amide bonds. The lowest BCUT2D eigenvalue weighted by Crippen LogP contribution is -2.31. The molecule has 0 unspecified atom stereocenters. The van der Waals surface area contributed by atoms with Crippen LogP contribution >= 0.6 is 12.2 Å². The van der Waals surface area contributed by atoms with Crippen molar-refractivity contribution in [3.05, 3.63) is 69.8 Å². The molecular formula is C27H35NOS. The molecule has 0 N–H and O–H groups in total. The van der Waals surface area contributed by atoms with Crippen LogP contribution in [-0.2, 0) is 0 Å². The van der Waals surface area contributed by atoms with Gasteiger partial charge in [-0.05, 0) is 52.8 Å². The number of thiocarbonyl (C=S) groups is 1. The SMILES string of the molecule is CC(C)c1cc(C(C)C)c(C(=S)N2CCC[C@@H]2c2ccc(C=O)cc2)c(C(C)C)c1. The van der Waals surface area contributed by atoms with E-state index in [-0.39, 0.29) is 6.04 Å². The Balaban J connectivity index is 2.07. The highest BCUT2D eigenvalue weighted by molar-refractivity contribution is 7.80. The molecule has 0 bridgehead atoms. The molecule has 2 nitrogen and oxygen atoms in total. The largest absolute Gasteiger partial charge is 0.355 e. The zero-order valence-electron chi connectivity index (χ0n) is 19.2. The summed E-state index contributed by atoms with van der Waals surface area (Å²) in [5, 5.41) is 0. The van der Waals surface area contributed by atoms with E-state index in [1.807, 2.05) is 12.1 Å². The number of aldehydes is 1. The second-order valence-corrected chi connectivity index (χ2v) is 9.87. The van der Waals surface area contributed by atoms with E-state index in [9.17, 15) is 4.79 Å². The first-order valence-electron chi connectivity index (χ1n) is 11.3. The number of carbonyl (C=O) groups is 1. The molecule has 30 heavy (non-hydrogen) atoms. The first kappa shape index (κ1) is 22.7. The van der Waals surface area contributed by atoms with E-state index >= 15 is 0 Å². The van der Waals surface area contributed by atoms with E-state index in [1.54, 1.807) is 0 Å². The fourth-order valence-electron chi connectivity index (χ4n) is 4.50. The van der Waals surface area contributed by atoms with Crippen LogP contribution in [0.15, 0.2) is 36.4 Å². The molecule has 1 saturated heterocycles. The van der Waals surface area contributed by atoms with Gasteiger partial charge in [0.2, 0.25) is 0 Å². The van der Waals surface area contributed by atoms with Gasteiger partial charge in [-0.3, -0.25) is 4.79 Å². The summed E-state index contributed by atoms with van der Waals surface area (Å²) in [7, 11) is 0. The van der Waals surface area contributed by atoms with Crippen LogP contribution in [0.1, 0.15) is 116 Å². The zero-order chi connectivity index (χ0) is 22.0. The average Bonchev–Trinajstić information content (AvgIpc) is 3.22. The van der Waals surface area contributed by atoms with Gasteiger partial charge in [-0.25, -0.2) is 0 Å². The van der Waals surface area contributed by atoms with Crippen LogP contribution in [0.3, 0.4) is 0 Å². The molecule has 0 aliphatic carbocycles. The number of hydrogen-bond donors (Lipinski definition) is 0. The normalized spacial score (nSPS) is 16.7. The predicted octanol–water partition coefficient (Wildman–Crippen LogP) is 7.38. The summed E-state index contributed by atoms with van der Waals surface area (Å²) in [4.78, 5) is 14.5. The van der Waals surface area contributed by atoms with E-state index in [1.165, 1.54) is 27.8 Å². The standard InChI is InChI=1S/C27H35NOS/c1-17(2)22-14-23(18(3)4)26(24(15-22)19(5)6)27(30)28-13-7-8-25(28)21-11-9-20(16-29)10-12-21/h9-12,14-19,25H,7-8,13H2,1-6H3/t25-/m1/s1. The molecule has 1 aliphatic rings. The Bertz CT molecular complexity index is 882. The van der Waals surface area contributed by atoms with Gasteiger partial charge in [-0.2, -0.15) is 0 Å². The molecule has 0 radical (unpaired) electrons. The second-order valence-electron chi connectivity index (χ2n) is 9.48. The fraction of sp³-hybridized carbons (Fsp3) is 0.481. The summed E-state index contributed by atoms with van der Waals surface area (Å²) in [5.41, 5.74) is 7.39. The van der Waals surface area contributed by atoms with Crippen molar-refractivity contribution in [1.29, 1.82) is 0 Å². The highest BCUT2D eigenvalue weighted by Gasteiger charge is 2.31. The molecular weight excluding hydrogens is 386 g/mol. The van der Waals surface area contributed by atoms with Gasteiger partial charge in [0.25, 0.3) is 0 Å². The van der Waals surface area contributed by atoms with E-state index < -0.39 is 0 Å². The highest BCUT2D eigenvalue weighted by atomic mass is 32.1. The van der Waals surface area contributed by atoms with Crippen molar-refractivity contribution >= 4 is 23.5 Å². The van der Waals surface area contributed by atoms with Gasteiger partial charge in [0.05, 0.1) is 6.04 Å². The van der Waals surface area contributed by atoms with Gasteiger partial charge in [0, 0.05) is 17.7 Å². The minimum absolute atomic E-state index is 0.281. The van der Waals surface area contributed by atoms with Crippen LogP contribution in [0.25, 0.3) is 0 Å². The van der Waals surface area contributed by atoms with Crippen molar-refractivity contribution < 1.29 is 4.79 Å². The first-order valence-corrected chi connectivity index (χ1v) is 11.7. The Kier molecular flexibility index (Phi) is 7.13. The second kappa shape index (κ2) is 9.43. The number of carbonyl (C=O) groups excluding carboxylic acids is 1. The van der Waals surface area contributed by atoms with Gasteiger partial charge in [0.15, 0.2) is 0 Å².